The average molecular weight is 564 g/mol. The largest absolute Gasteiger partial charge is 0.361 e. The first kappa shape index (κ1) is 28.0. The summed E-state index contributed by atoms with van der Waals surface area (Å²) in [5.74, 6) is -0.894. The second-order valence-corrected chi connectivity index (χ2v) is 17.7. The van der Waals surface area contributed by atoms with Gasteiger partial charge in [0.2, 0.25) is 5.91 Å². The smallest absolute Gasteiger partial charge is 0.329 e. The van der Waals surface area contributed by atoms with Gasteiger partial charge < -0.3 is 9.64 Å². The molecule has 5 rings (SSSR count). The van der Waals surface area contributed by atoms with Gasteiger partial charge in [-0.2, -0.15) is 0 Å². The summed E-state index contributed by atoms with van der Waals surface area (Å²) in [4.78, 5) is 63.1. The molecule has 4 heterocycles. The number of aryl methyl sites for hydroxylation is 1. The Kier molecular flexibility index (Phi) is 7.53. The number of fused-ring (bicyclic) bond motifs is 1. The van der Waals surface area contributed by atoms with Crippen molar-refractivity contribution >= 4 is 43.2 Å². The number of rotatable bonds is 8. The molecule has 0 aliphatic carbocycles. The van der Waals surface area contributed by atoms with Gasteiger partial charge in [0.25, 0.3) is 11.8 Å². The molecule has 0 radical (unpaired) electrons. The lowest BCUT2D eigenvalue weighted by Gasteiger charge is -2.35. The lowest BCUT2D eigenvalue weighted by atomic mass is 10.0. The highest BCUT2D eigenvalue weighted by Crippen LogP contribution is 2.34. The number of carbonyl (C=O) groups is 4. The van der Waals surface area contributed by atoms with Crippen LogP contribution in [0.2, 0.25) is 25.7 Å². The van der Waals surface area contributed by atoms with Crippen molar-refractivity contribution < 1.29 is 23.9 Å². The lowest BCUT2D eigenvalue weighted by Crippen LogP contribution is -2.55. The number of benzene rings is 1. The molecule has 10 nitrogen and oxygen atoms in total. The summed E-state index contributed by atoms with van der Waals surface area (Å²) in [6, 6.07) is 9.17. The Morgan fingerprint density at radius 3 is 2.50 bits per heavy atom. The van der Waals surface area contributed by atoms with Gasteiger partial charge in [-0.3, -0.25) is 34.1 Å². The molecule has 0 bridgehead atoms. The number of ether oxygens (including phenoxy) is 1. The zero-order valence-corrected chi connectivity index (χ0v) is 24.8. The van der Waals surface area contributed by atoms with Gasteiger partial charge in [-0.15, -0.1) is 0 Å². The normalized spacial score (nSPS) is 21.6. The van der Waals surface area contributed by atoms with Gasteiger partial charge in [0.1, 0.15) is 12.8 Å². The monoisotopic (exact) mass is 563 g/mol. The van der Waals surface area contributed by atoms with Gasteiger partial charge in [-0.25, -0.2) is 4.79 Å². The fourth-order valence-electron chi connectivity index (χ4n) is 5.46. The van der Waals surface area contributed by atoms with Crippen molar-refractivity contribution in [3.63, 3.8) is 0 Å². The van der Waals surface area contributed by atoms with Crippen LogP contribution in [-0.2, 0) is 20.9 Å². The lowest BCUT2D eigenvalue weighted by molar-refractivity contribution is -0.158. The van der Waals surface area contributed by atoms with Crippen molar-refractivity contribution in [1.29, 1.82) is 0 Å². The van der Waals surface area contributed by atoms with Gasteiger partial charge in [-0.05, 0) is 62.2 Å². The average Bonchev–Trinajstić information content (AvgIpc) is 3.38. The molecule has 2 atom stereocenters. The zero-order chi connectivity index (χ0) is 28.8. The van der Waals surface area contributed by atoms with Crippen molar-refractivity contribution in [3.8, 4) is 0 Å². The van der Waals surface area contributed by atoms with E-state index in [2.05, 4.69) is 24.6 Å². The Hall–Kier alpha value is -3.57. The molecule has 2 saturated heterocycles. The first-order valence-corrected chi connectivity index (χ1v) is 17.5. The fourth-order valence-corrected chi connectivity index (χ4v) is 6.21. The van der Waals surface area contributed by atoms with Crippen LogP contribution in [0.4, 0.5) is 16.2 Å². The number of amides is 5. The second kappa shape index (κ2) is 10.8. The van der Waals surface area contributed by atoms with Crippen LogP contribution in [0.5, 0.6) is 0 Å². The molecule has 5 amide bonds. The molecule has 2 fully saturated rings. The molecule has 3 aliphatic rings. The van der Waals surface area contributed by atoms with Gasteiger partial charge in [0.05, 0.1) is 17.9 Å². The van der Waals surface area contributed by atoms with Crippen LogP contribution >= 0.6 is 0 Å². The minimum Gasteiger partial charge on any atom is -0.361 e. The third kappa shape index (κ3) is 5.40. The predicted octanol–water partition coefficient (Wildman–Crippen LogP) is 4.01. The number of urea groups is 1. The number of hydrogen-bond donors (Lipinski definition) is 0. The van der Waals surface area contributed by atoms with E-state index in [-0.39, 0.29) is 50.0 Å². The molecule has 3 aliphatic heterocycles. The highest BCUT2D eigenvalue weighted by molar-refractivity contribution is 6.76. The number of pyridine rings is 1. The van der Waals surface area contributed by atoms with Gasteiger partial charge in [-0.1, -0.05) is 19.6 Å². The molecule has 11 heteroatoms. The van der Waals surface area contributed by atoms with E-state index in [1.165, 1.54) is 0 Å². The van der Waals surface area contributed by atoms with E-state index in [1.807, 2.05) is 32.0 Å². The van der Waals surface area contributed by atoms with E-state index in [9.17, 15) is 19.2 Å². The SMILES string of the molecule is Cc1ccc(N2C(=O)N(c3ccc4c(c3)CN(C3CCC(=O)N(COCC[Si](C)(C)C)C3=O)C4=O)CC2C)cn1. The van der Waals surface area contributed by atoms with E-state index in [0.29, 0.717) is 24.4 Å². The van der Waals surface area contributed by atoms with E-state index < -0.39 is 20.0 Å². The van der Waals surface area contributed by atoms with Crippen molar-refractivity contribution in [3.05, 3.63) is 53.3 Å². The number of likely N-dealkylation sites (tertiary alicyclic amines) is 1. The molecular formula is C29H37N5O5Si. The maximum atomic E-state index is 13.4. The Bertz CT molecular complexity index is 1340. The first-order valence-electron chi connectivity index (χ1n) is 13.8. The Labute approximate surface area is 235 Å². The minimum absolute atomic E-state index is 0.0558. The van der Waals surface area contributed by atoms with Crippen LogP contribution in [0.15, 0.2) is 36.5 Å². The number of nitrogens with zero attached hydrogens (tertiary/aromatic N) is 5. The third-order valence-electron chi connectivity index (χ3n) is 7.81. The summed E-state index contributed by atoms with van der Waals surface area (Å²) < 4.78 is 5.70. The maximum absolute atomic E-state index is 13.4. The van der Waals surface area contributed by atoms with Crippen LogP contribution in [0.3, 0.4) is 0 Å². The third-order valence-corrected chi connectivity index (χ3v) is 9.51. The van der Waals surface area contributed by atoms with E-state index >= 15 is 0 Å². The van der Waals surface area contributed by atoms with Crippen molar-refractivity contribution in [2.45, 2.75) is 71.0 Å². The molecule has 212 valence electrons. The number of piperidine rings is 1. The standard InChI is InChI=1S/C29H37N5O5Si/c1-19-6-7-23(15-30-19)34-20(2)16-31(29(34)38)22-8-9-24-21(14-22)17-32(27(24)36)25-10-11-26(35)33(28(25)37)18-39-12-13-40(3,4)5/h6-9,14-15,20,25H,10-13,16-18H2,1-5H3. The molecule has 0 spiro atoms. The van der Waals surface area contributed by atoms with Crippen LogP contribution in [0.25, 0.3) is 0 Å². The minimum atomic E-state index is -1.30. The van der Waals surface area contributed by atoms with E-state index in [0.717, 1.165) is 27.9 Å². The number of imide groups is 1. The molecule has 0 N–H and O–H groups in total. The molecule has 0 saturated carbocycles. The van der Waals surface area contributed by atoms with Crippen LogP contribution in [0.1, 0.15) is 41.4 Å². The Morgan fingerprint density at radius 2 is 1.80 bits per heavy atom. The van der Waals surface area contributed by atoms with Crippen molar-refractivity contribution in [1.82, 2.24) is 14.8 Å². The highest BCUT2D eigenvalue weighted by atomic mass is 28.3. The molecule has 2 unspecified atom stereocenters. The van der Waals surface area contributed by atoms with E-state index in [1.54, 1.807) is 33.0 Å². The zero-order valence-electron chi connectivity index (χ0n) is 23.8. The summed E-state index contributed by atoms with van der Waals surface area (Å²) in [7, 11) is -1.30. The topological polar surface area (TPSA) is 103 Å². The summed E-state index contributed by atoms with van der Waals surface area (Å²) >= 11 is 0. The van der Waals surface area contributed by atoms with Gasteiger partial charge in [0.15, 0.2) is 0 Å². The predicted molar refractivity (Wildman–Crippen MR) is 154 cm³/mol. The summed E-state index contributed by atoms with van der Waals surface area (Å²) in [5, 5.41) is 0. The molecule has 2 aromatic rings. The highest BCUT2D eigenvalue weighted by Gasteiger charge is 2.43. The van der Waals surface area contributed by atoms with Gasteiger partial charge in [0, 0.05) is 51.1 Å². The maximum Gasteiger partial charge on any atom is 0.329 e. The Morgan fingerprint density at radius 1 is 1.05 bits per heavy atom. The quantitative estimate of drug-likeness (QED) is 0.273. The number of hydrogen-bond acceptors (Lipinski definition) is 6. The van der Waals surface area contributed by atoms with Crippen molar-refractivity contribution in [2.24, 2.45) is 0 Å². The number of anilines is 2. The molecule has 40 heavy (non-hydrogen) atoms. The summed E-state index contributed by atoms with van der Waals surface area (Å²) in [5.41, 5.74) is 3.61. The van der Waals surface area contributed by atoms with Crippen LogP contribution in [-0.4, -0.2) is 78.6 Å². The summed E-state index contributed by atoms with van der Waals surface area (Å²) in [6.45, 7) is 11.8. The molecule has 1 aromatic heterocycles. The summed E-state index contributed by atoms with van der Waals surface area (Å²) in [6.07, 6.45) is 2.18. The van der Waals surface area contributed by atoms with Crippen molar-refractivity contribution in [2.75, 3.05) is 29.7 Å². The van der Waals surface area contributed by atoms with Crippen LogP contribution < -0.4 is 9.80 Å². The van der Waals surface area contributed by atoms with Crippen LogP contribution in [0, 0.1) is 6.92 Å². The Balaban J connectivity index is 1.28. The second-order valence-electron chi connectivity index (χ2n) is 12.1. The fraction of sp³-hybridized carbons (Fsp3) is 0.483. The molecule has 1 aromatic carbocycles. The van der Waals surface area contributed by atoms with Gasteiger partial charge >= 0.3 is 6.03 Å². The molecular weight excluding hydrogens is 526 g/mol. The number of carbonyl (C=O) groups excluding carboxylic acids is 4. The van der Waals surface area contributed by atoms with E-state index in [4.69, 9.17) is 4.74 Å². The number of aromatic nitrogens is 1. The first-order chi connectivity index (χ1) is 18.9.